The van der Waals surface area contributed by atoms with Crippen LogP contribution in [0.25, 0.3) is 0 Å². The third-order valence-corrected chi connectivity index (χ3v) is 3.66. The summed E-state index contributed by atoms with van der Waals surface area (Å²) in [5.41, 5.74) is 1.49. The SMILES string of the molecule is Fc1ccc(NC(=S)NCCCc2ccccc2Cl)cc1F. The van der Waals surface area contributed by atoms with Crippen LogP contribution in [0.2, 0.25) is 5.02 Å². The molecule has 6 heteroatoms. The molecule has 0 aliphatic carbocycles. The van der Waals surface area contributed by atoms with Crippen molar-refractivity contribution in [1.29, 1.82) is 0 Å². The molecule has 2 aromatic rings. The Hall–Kier alpha value is -1.72. The zero-order valence-electron chi connectivity index (χ0n) is 11.7. The van der Waals surface area contributed by atoms with E-state index in [4.69, 9.17) is 23.8 Å². The average molecular weight is 341 g/mol. The van der Waals surface area contributed by atoms with E-state index in [9.17, 15) is 8.78 Å². The molecule has 0 aliphatic heterocycles. The van der Waals surface area contributed by atoms with Crippen LogP contribution in [0.3, 0.4) is 0 Å². The van der Waals surface area contributed by atoms with Crippen molar-refractivity contribution in [2.45, 2.75) is 12.8 Å². The van der Waals surface area contributed by atoms with Gasteiger partial charge in [0.15, 0.2) is 16.7 Å². The molecule has 116 valence electrons. The minimum atomic E-state index is -0.911. The van der Waals surface area contributed by atoms with Gasteiger partial charge in [-0.05, 0) is 48.8 Å². The first-order chi connectivity index (χ1) is 10.6. The number of hydrogen-bond acceptors (Lipinski definition) is 1. The minimum absolute atomic E-state index is 0.366. The summed E-state index contributed by atoms with van der Waals surface area (Å²) in [7, 11) is 0. The predicted octanol–water partition coefficient (Wildman–Crippen LogP) is 4.54. The highest BCUT2D eigenvalue weighted by Gasteiger charge is 2.04. The van der Waals surface area contributed by atoms with E-state index in [0.29, 0.717) is 17.3 Å². The van der Waals surface area contributed by atoms with Crippen molar-refractivity contribution in [3.63, 3.8) is 0 Å². The van der Waals surface area contributed by atoms with Gasteiger partial charge in [0.05, 0.1) is 0 Å². The Morgan fingerprint density at radius 1 is 1.09 bits per heavy atom. The standard InChI is InChI=1S/C16H15ClF2N2S/c17-13-6-2-1-4-11(13)5-3-9-20-16(22)21-12-7-8-14(18)15(19)10-12/h1-2,4,6-8,10H,3,5,9H2,(H2,20,21,22). The summed E-state index contributed by atoms with van der Waals surface area (Å²) in [6, 6.07) is 11.2. The van der Waals surface area contributed by atoms with E-state index in [1.807, 2.05) is 24.3 Å². The summed E-state index contributed by atoms with van der Waals surface area (Å²) < 4.78 is 25.9. The first kappa shape index (κ1) is 16.6. The van der Waals surface area contributed by atoms with Crippen LogP contribution in [-0.4, -0.2) is 11.7 Å². The molecule has 0 spiro atoms. The Morgan fingerprint density at radius 2 is 1.86 bits per heavy atom. The quantitative estimate of drug-likeness (QED) is 0.617. The molecule has 0 bridgehead atoms. The highest BCUT2D eigenvalue weighted by Crippen LogP contribution is 2.16. The van der Waals surface area contributed by atoms with E-state index in [2.05, 4.69) is 10.6 Å². The highest BCUT2D eigenvalue weighted by atomic mass is 35.5. The molecule has 22 heavy (non-hydrogen) atoms. The molecule has 0 radical (unpaired) electrons. The van der Waals surface area contributed by atoms with Crippen molar-refractivity contribution in [2.24, 2.45) is 0 Å². The number of benzene rings is 2. The molecule has 2 aromatic carbocycles. The Labute approximate surface area is 138 Å². The van der Waals surface area contributed by atoms with Crippen molar-refractivity contribution in [3.05, 3.63) is 64.7 Å². The maximum Gasteiger partial charge on any atom is 0.170 e. The zero-order valence-corrected chi connectivity index (χ0v) is 13.3. The lowest BCUT2D eigenvalue weighted by Crippen LogP contribution is -2.29. The summed E-state index contributed by atoms with van der Waals surface area (Å²) >= 11 is 11.2. The van der Waals surface area contributed by atoms with E-state index >= 15 is 0 Å². The van der Waals surface area contributed by atoms with Crippen LogP contribution in [0.4, 0.5) is 14.5 Å². The molecule has 2 nitrogen and oxygen atoms in total. The molecule has 0 aliphatic rings. The molecule has 2 N–H and O–H groups in total. The molecule has 2 rings (SSSR count). The molecule has 0 aromatic heterocycles. The molecule has 0 amide bonds. The first-order valence-corrected chi connectivity index (χ1v) is 7.58. The van der Waals surface area contributed by atoms with Crippen molar-refractivity contribution in [2.75, 3.05) is 11.9 Å². The monoisotopic (exact) mass is 340 g/mol. The summed E-state index contributed by atoms with van der Waals surface area (Å²) in [6.07, 6.45) is 1.68. The second kappa shape index (κ2) is 8.06. The lowest BCUT2D eigenvalue weighted by Gasteiger charge is -2.11. The second-order valence-electron chi connectivity index (χ2n) is 4.70. The smallest absolute Gasteiger partial charge is 0.170 e. The van der Waals surface area contributed by atoms with Gasteiger partial charge in [0.2, 0.25) is 0 Å². The number of anilines is 1. The van der Waals surface area contributed by atoms with Gasteiger partial charge in [0.25, 0.3) is 0 Å². The lowest BCUT2D eigenvalue weighted by atomic mass is 10.1. The van der Waals surface area contributed by atoms with Gasteiger partial charge < -0.3 is 10.6 Å². The summed E-state index contributed by atoms with van der Waals surface area (Å²) in [5.74, 6) is -1.80. The van der Waals surface area contributed by atoms with Crippen molar-refractivity contribution >= 4 is 34.6 Å². The Morgan fingerprint density at radius 3 is 2.59 bits per heavy atom. The number of rotatable bonds is 5. The maximum atomic E-state index is 13.1. The van der Waals surface area contributed by atoms with Crippen molar-refractivity contribution in [3.8, 4) is 0 Å². The van der Waals surface area contributed by atoms with Gasteiger partial charge in [0.1, 0.15) is 0 Å². The molecular weight excluding hydrogens is 326 g/mol. The Bertz CT molecular complexity index is 664. The number of thiocarbonyl (C=S) groups is 1. The predicted molar refractivity (Wildman–Crippen MR) is 90.4 cm³/mol. The van der Waals surface area contributed by atoms with E-state index in [1.54, 1.807) is 0 Å². The van der Waals surface area contributed by atoms with Crippen molar-refractivity contribution in [1.82, 2.24) is 5.32 Å². The van der Waals surface area contributed by atoms with Gasteiger partial charge in [-0.1, -0.05) is 29.8 Å². The molecule has 0 unspecified atom stereocenters. The summed E-state index contributed by atoms with van der Waals surface area (Å²) in [4.78, 5) is 0. The maximum absolute atomic E-state index is 13.1. The molecular formula is C16H15ClF2N2S. The molecule has 0 heterocycles. The molecule has 0 atom stereocenters. The van der Waals surface area contributed by atoms with Gasteiger partial charge in [0, 0.05) is 23.3 Å². The van der Waals surface area contributed by atoms with Crippen molar-refractivity contribution < 1.29 is 8.78 Å². The average Bonchev–Trinajstić information content (AvgIpc) is 2.49. The summed E-state index contributed by atoms with van der Waals surface area (Å²) in [5, 5.41) is 6.94. The third-order valence-electron chi connectivity index (χ3n) is 3.04. The minimum Gasteiger partial charge on any atom is -0.362 e. The van der Waals surface area contributed by atoms with Gasteiger partial charge in [-0.15, -0.1) is 0 Å². The third kappa shape index (κ3) is 4.93. The van der Waals surface area contributed by atoms with Crippen LogP contribution in [0.5, 0.6) is 0 Å². The number of halogens is 3. The van der Waals surface area contributed by atoms with Crippen LogP contribution >= 0.6 is 23.8 Å². The number of hydrogen-bond donors (Lipinski definition) is 2. The van der Waals surface area contributed by atoms with E-state index in [1.165, 1.54) is 6.07 Å². The first-order valence-electron chi connectivity index (χ1n) is 6.79. The lowest BCUT2D eigenvalue weighted by molar-refractivity contribution is 0.509. The Balaban J connectivity index is 1.74. The molecule has 0 saturated heterocycles. The van der Waals surface area contributed by atoms with Gasteiger partial charge in [-0.25, -0.2) is 8.78 Å². The fraction of sp³-hybridized carbons (Fsp3) is 0.188. The van der Waals surface area contributed by atoms with Crippen LogP contribution in [0.15, 0.2) is 42.5 Å². The Kier molecular flexibility index (Phi) is 6.10. The van der Waals surface area contributed by atoms with Gasteiger partial charge in [-0.3, -0.25) is 0 Å². The highest BCUT2D eigenvalue weighted by molar-refractivity contribution is 7.80. The topological polar surface area (TPSA) is 24.1 Å². The van der Waals surface area contributed by atoms with E-state index < -0.39 is 11.6 Å². The van der Waals surface area contributed by atoms with Crippen LogP contribution in [0, 0.1) is 11.6 Å². The largest absolute Gasteiger partial charge is 0.362 e. The van der Waals surface area contributed by atoms with E-state index in [0.717, 1.165) is 35.6 Å². The fourth-order valence-corrected chi connectivity index (χ4v) is 2.38. The summed E-state index contributed by atoms with van der Waals surface area (Å²) in [6.45, 7) is 0.654. The second-order valence-corrected chi connectivity index (χ2v) is 5.52. The fourth-order valence-electron chi connectivity index (χ4n) is 1.93. The van der Waals surface area contributed by atoms with Gasteiger partial charge in [-0.2, -0.15) is 0 Å². The zero-order chi connectivity index (χ0) is 15.9. The molecule has 0 fully saturated rings. The number of aryl methyl sites for hydroxylation is 1. The normalized spacial score (nSPS) is 10.3. The van der Waals surface area contributed by atoms with Crippen LogP contribution in [0.1, 0.15) is 12.0 Å². The van der Waals surface area contributed by atoms with Crippen LogP contribution < -0.4 is 10.6 Å². The molecule has 0 saturated carbocycles. The van der Waals surface area contributed by atoms with E-state index in [-0.39, 0.29) is 0 Å². The van der Waals surface area contributed by atoms with Gasteiger partial charge >= 0.3 is 0 Å². The number of nitrogens with one attached hydrogen (secondary N) is 2. The van der Waals surface area contributed by atoms with Crippen LogP contribution in [-0.2, 0) is 6.42 Å².